The van der Waals surface area contributed by atoms with Gasteiger partial charge in [0, 0.05) is 15.4 Å². The molecule has 1 aliphatic rings. The van der Waals surface area contributed by atoms with Crippen molar-refractivity contribution in [2.45, 2.75) is 63.3 Å². The molecular formula is C28H28BBr2F3N2O9. The van der Waals surface area contributed by atoms with Gasteiger partial charge in [0.1, 0.15) is 6.04 Å². The van der Waals surface area contributed by atoms with E-state index in [9.17, 15) is 47.4 Å². The summed E-state index contributed by atoms with van der Waals surface area (Å²) in [4.78, 5) is 62.8. The van der Waals surface area contributed by atoms with Crippen LogP contribution in [0.5, 0.6) is 0 Å². The van der Waals surface area contributed by atoms with Crippen molar-refractivity contribution in [2.75, 3.05) is 0 Å². The zero-order chi connectivity index (χ0) is 33.7. The van der Waals surface area contributed by atoms with E-state index in [1.807, 2.05) is 0 Å². The highest BCUT2D eigenvalue weighted by atomic mass is 79.9. The number of carboxylic acids is 2. The molecule has 0 saturated carbocycles. The van der Waals surface area contributed by atoms with Gasteiger partial charge in [0.05, 0.1) is 29.9 Å². The molecule has 2 aromatic carbocycles. The van der Waals surface area contributed by atoms with Crippen LogP contribution in [-0.2, 0) is 41.1 Å². The highest BCUT2D eigenvalue weighted by molar-refractivity contribution is 9.11. The Hall–Kier alpha value is -3.44. The lowest BCUT2D eigenvalue weighted by Crippen LogP contribution is -2.55. The molecule has 0 radical (unpaired) electrons. The number of aliphatic carboxylic acids is 2. The minimum Gasteiger partial charge on any atom is -0.506 e. The van der Waals surface area contributed by atoms with Gasteiger partial charge in [0.2, 0.25) is 5.91 Å². The van der Waals surface area contributed by atoms with E-state index in [2.05, 4.69) is 42.5 Å². The Labute approximate surface area is 272 Å². The van der Waals surface area contributed by atoms with Crippen LogP contribution >= 0.6 is 31.9 Å². The monoisotopic (exact) mass is 762 g/mol. The van der Waals surface area contributed by atoms with Crippen LogP contribution in [0.2, 0.25) is 0 Å². The van der Waals surface area contributed by atoms with Gasteiger partial charge >= 0.3 is 31.2 Å². The summed E-state index contributed by atoms with van der Waals surface area (Å²) in [5, 5.41) is 23.8. The van der Waals surface area contributed by atoms with Crippen LogP contribution in [0, 0.1) is 5.92 Å². The van der Waals surface area contributed by atoms with Crippen molar-refractivity contribution in [1.29, 1.82) is 0 Å². The molecule has 1 fully saturated rings. The second-order valence-electron chi connectivity index (χ2n) is 10.8. The van der Waals surface area contributed by atoms with E-state index >= 15 is 0 Å². The normalized spacial score (nSPS) is 15.7. The predicted molar refractivity (Wildman–Crippen MR) is 160 cm³/mol. The third-order valence-electron chi connectivity index (χ3n) is 6.68. The van der Waals surface area contributed by atoms with Crippen LogP contribution in [0.4, 0.5) is 13.2 Å². The molecule has 2 aromatic rings. The zero-order valence-corrected chi connectivity index (χ0v) is 27.0. The molecule has 2 atom stereocenters. The minimum atomic E-state index is -4.79. The Morgan fingerprint density at radius 2 is 1.60 bits per heavy atom. The molecule has 1 aliphatic heterocycles. The zero-order valence-electron chi connectivity index (χ0n) is 23.8. The average Bonchev–Trinajstić information content (AvgIpc) is 3.22. The second kappa shape index (κ2) is 14.8. The molecule has 1 unspecified atom stereocenters. The first-order valence-electron chi connectivity index (χ1n) is 13.5. The number of hydrogen-bond donors (Lipinski definition) is 4. The van der Waals surface area contributed by atoms with Crippen LogP contribution in [0.15, 0.2) is 51.4 Å². The molecule has 17 heteroatoms. The summed E-state index contributed by atoms with van der Waals surface area (Å²) < 4.78 is 51.1. The molecule has 1 heterocycles. The van der Waals surface area contributed by atoms with Crippen molar-refractivity contribution >= 4 is 68.7 Å². The summed E-state index contributed by atoms with van der Waals surface area (Å²) in [6.07, 6.45) is -6.80. The van der Waals surface area contributed by atoms with E-state index < -0.39 is 89.0 Å². The van der Waals surface area contributed by atoms with E-state index in [1.54, 1.807) is 44.2 Å². The summed E-state index contributed by atoms with van der Waals surface area (Å²) in [5.74, 6) is -7.38. The SMILES string of the molecule is CC(C)C[C@H](NC(=O)C(Cc1ccccc1)NC(=O)c1cc(Br)cc(C(F)(F)F)c1Br)B1OC(=O)C(CC(=O)O)(CC(=O)O)O1. The number of carbonyl (C=O) groups is 5. The van der Waals surface area contributed by atoms with E-state index in [1.165, 1.54) is 0 Å². The summed E-state index contributed by atoms with van der Waals surface area (Å²) in [5.41, 5.74) is -3.27. The molecule has 0 bridgehead atoms. The molecule has 45 heavy (non-hydrogen) atoms. The smallest absolute Gasteiger partial charge is 0.506 e. The molecular weight excluding hydrogens is 736 g/mol. The minimum absolute atomic E-state index is 0.0318. The molecule has 2 amide bonds. The van der Waals surface area contributed by atoms with Crippen molar-refractivity contribution < 1.29 is 56.7 Å². The van der Waals surface area contributed by atoms with Crippen molar-refractivity contribution in [3.63, 3.8) is 0 Å². The number of carbonyl (C=O) groups excluding carboxylic acids is 3. The Morgan fingerprint density at radius 1 is 1.00 bits per heavy atom. The van der Waals surface area contributed by atoms with Gasteiger partial charge in [-0.25, -0.2) is 0 Å². The van der Waals surface area contributed by atoms with Gasteiger partial charge in [-0.05, 0) is 46.0 Å². The molecule has 0 aliphatic carbocycles. The van der Waals surface area contributed by atoms with E-state index in [0.717, 1.165) is 12.1 Å². The van der Waals surface area contributed by atoms with Gasteiger partial charge in [0.25, 0.3) is 5.91 Å². The van der Waals surface area contributed by atoms with Gasteiger partial charge in [-0.3, -0.25) is 24.0 Å². The maximum Gasteiger partial charge on any atom is 0.552 e. The molecule has 11 nitrogen and oxygen atoms in total. The fourth-order valence-electron chi connectivity index (χ4n) is 4.74. The summed E-state index contributed by atoms with van der Waals surface area (Å²) in [6.45, 7) is 3.54. The van der Waals surface area contributed by atoms with Gasteiger partial charge in [-0.2, -0.15) is 13.2 Å². The Bertz CT molecular complexity index is 1440. The topological polar surface area (TPSA) is 168 Å². The Kier molecular flexibility index (Phi) is 11.8. The van der Waals surface area contributed by atoms with Gasteiger partial charge < -0.3 is 30.2 Å². The lowest BCUT2D eigenvalue weighted by molar-refractivity contribution is -0.157. The molecule has 1 saturated heterocycles. The maximum absolute atomic E-state index is 13.7. The van der Waals surface area contributed by atoms with Crippen molar-refractivity contribution in [3.05, 3.63) is 68.1 Å². The molecule has 0 spiro atoms. The molecule has 3 rings (SSSR count). The first kappa shape index (κ1) is 36.0. The standard InChI is InChI=1S/C28H28BBr2F3N2O9/c1-14(2)8-20(29-44-26(43)27(45-29,12-21(37)38)13-22(39)40)36-25(42)19(9-15-6-4-3-5-7-15)35-24(41)17-10-16(30)11-18(23(17)31)28(32,33)34/h3-7,10-11,14,19-20H,8-9,12-13H2,1-2H3,(H,35,41)(H,36,42)(H,37,38)(H,39,40)/t19?,20-/m0/s1. The lowest BCUT2D eigenvalue weighted by atomic mass is 9.73. The van der Waals surface area contributed by atoms with E-state index in [0.29, 0.717) is 5.56 Å². The number of benzene rings is 2. The number of carboxylic acid groups (broad SMARTS) is 2. The highest BCUT2D eigenvalue weighted by Crippen LogP contribution is 2.38. The first-order valence-corrected chi connectivity index (χ1v) is 15.0. The van der Waals surface area contributed by atoms with Gasteiger partial charge in [-0.15, -0.1) is 0 Å². The molecule has 0 aromatic heterocycles. The van der Waals surface area contributed by atoms with Crippen molar-refractivity contribution in [2.24, 2.45) is 5.92 Å². The average molecular weight is 764 g/mol. The summed E-state index contributed by atoms with van der Waals surface area (Å²) in [7, 11) is -1.58. The third-order valence-corrected chi connectivity index (χ3v) is 8.00. The number of halogens is 5. The maximum atomic E-state index is 13.7. The Morgan fingerprint density at radius 3 is 2.13 bits per heavy atom. The van der Waals surface area contributed by atoms with E-state index in [4.69, 9.17) is 9.31 Å². The molecule has 242 valence electrons. The summed E-state index contributed by atoms with van der Waals surface area (Å²) >= 11 is 5.84. The van der Waals surface area contributed by atoms with Crippen molar-refractivity contribution in [3.8, 4) is 0 Å². The lowest BCUT2D eigenvalue weighted by Gasteiger charge is -2.26. The highest BCUT2D eigenvalue weighted by Gasteiger charge is 2.58. The Balaban J connectivity index is 1.94. The largest absolute Gasteiger partial charge is 0.552 e. The number of amides is 2. The number of alkyl halides is 3. The number of nitrogens with one attached hydrogen (secondary N) is 2. The van der Waals surface area contributed by atoms with Crippen LogP contribution in [0.3, 0.4) is 0 Å². The van der Waals surface area contributed by atoms with Crippen LogP contribution in [0.1, 0.15) is 54.6 Å². The van der Waals surface area contributed by atoms with Crippen LogP contribution in [0.25, 0.3) is 0 Å². The fourth-order valence-corrected chi connectivity index (χ4v) is 5.83. The van der Waals surface area contributed by atoms with Crippen LogP contribution < -0.4 is 10.6 Å². The van der Waals surface area contributed by atoms with E-state index in [-0.39, 0.29) is 23.2 Å². The quantitative estimate of drug-likeness (QED) is 0.216. The van der Waals surface area contributed by atoms with Gasteiger partial charge in [-0.1, -0.05) is 60.1 Å². The predicted octanol–water partition coefficient (Wildman–Crippen LogP) is 4.39. The fraction of sp³-hybridized carbons (Fsp3) is 0.393. The summed E-state index contributed by atoms with van der Waals surface area (Å²) in [6, 6.07) is 9.02. The number of hydrogen-bond acceptors (Lipinski definition) is 7. The number of rotatable bonds is 13. The third kappa shape index (κ3) is 9.53. The first-order chi connectivity index (χ1) is 20.9. The van der Waals surface area contributed by atoms with Gasteiger partial charge in [0.15, 0.2) is 5.60 Å². The van der Waals surface area contributed by atoms with Crippen molar-refractivity contribution in [1.82, 2.24) is 10.6 Å². The second-order valence-corrected chi connectivity index (χ2v) is 12.5. The van der Waals surface area contributed by atoms with Crippen LogP contribution in [-0.4, -0.2) is 64.6 Å². The molecule has 4 N–H and O–H groups in total.